The average Bonchev–Trinajstić information content (AvgIpc) is 2.63. The zero-order valence-electron chi connectivity index (χ0n) is 13.1. The molecule has 0 radical (unpaired) electrons. The van der Waals surface area contributed by atoms with Crippen molar-refractivity contribution in [2.45, 2.75) is 18.8 Å². The summed E-state index contributed by atoms with van der Waals surface area (Å²) in [6.07, 6.45) is 5.88. The summed E-state index contributed by atoms with van der Waals surface area (Å²) < 4.78 is 0.919. The first-order chi connectivity index (χ1) is 11.6. The summed E-state index contributed by atoms with van der Waals surface area (Å²) in [5, 5.41) is 3.38. The third-order valence-corrected chi connectivity index (χ3v) is 5.50. The Morgan fingerprint density at radius 1 is 1.29 bits per heavy atom. The lowest BCUT2D eigenvalue weighted by Crippen LogP contribution is -2.46. The summed E-state index contributed by atoms with van der Waals surface area (Å²) in [7, 11) is 0. The van der Waals surface area contributed by atoms with E-state index in [0.29, 0.717) is 16.6 Å². The van der Waals surface area contributed by atoms with Crippen LogP contribution in [0, 0.1) is 3.57 Å². The summed E-state index contributed by atoms with van der Waals surface area (Å²) in [6.45, 7) is 1.69. The monoisotopic (exact) mass is 451 g/mol. The van der Waals surface area contributed by atoms with Crippen LogP contribution in [-0.2, 0) is 0 Å². The van der Waals surface area contributed by atoms with Crippen molar-refractivity contribution < 1.29 is 4.79 Å². The molecular formula is C18H18IN3OS. The van der Waals surface area contributed by atoms with Gasteiger partial charge in [0.1, 0.15) is 0 Å². The van der Waals surface area contributed by atoms with Crippen LogP contribution < -0.4 is 5.32 Å². The molecule has 6 heteroatoms. The fourth-order valence-electron chi connectivity index (χ4n) is 2.94. The Hall–Kier alpha value is -1.54. The molecule has 0 bridgehead atoms. The molecule has 0 saturated carbocycles. The number of likely N-dealkylation sites (tertiary alicyclic amines) is 1. The second kappa shape index (κ2) is 8.02. The van der Waals surface area contributed by atoms with Crippen molar-refractivity contribution in [1.82, 2.24) is 15.2 Å². The number of thiocarbonyl (C=S) groups is 1. The highest BCUT2D eigenvalue weighted by molar-refractivity contribution is 14.1. The van der Waals surface area contributed by atoms with Gasteiger partial charge in [-0.2, -0.15) is 0 Å². The summed E-state index contributed by atoms with van der Waals surface area (Å²) in [5.41, 5.74) is 1.88. The lowest BCUT2D eigenvalue weighted by Gasteiger charge is -2.34. The maximum absolute atomic E-state index is 12.4. The van der Waals surface area contributed by atoms with Crippen LogP contribution in [0.3, 0.4) is 0 Å². The number of amides is 1. The van der Waals surface area contributed by atoms with E-state index < -0.39 is 0 Å². The number of carbonyl (C=O) groups excluding carboxylic acids is 1. The summed E-state index contributed by atoms with van der Waals surface area (Å²) >= 11 is 7.64. The standard InChI is InChI=1S/C18H18IN3OS/c19-16-8-2-1-7-15(16)17(23)21-18(24)22-10-4-6-14(12-22)13-5-3-9-20-11-13/h1-3,5,7-9,11,14H,4,6,10,12H2,(H,21,23,24)/t14-/m0/s1. The molecule has 1 aromatic heterocycles. The van der Waals surface area contributed by atoms with Gasteiger partial charge in [0, 0.05) is 35.0 Å². The van der Waals surface area contributed by atoms with Gasteiger partial charge < -0.3 is 4.90 Å². The molecular weight excluding hydrogens is 433 g/mol. The van der Waals surface area contributed by atoms with Gasteiger partial charge in [0.2, 0.25) is 0 Å². The van der Waals surface area contributed by atoms with Gasteiger partial charge in [-0.15, -0.1) is 0 Å². The highest BCUT2D eigenvalue weighted by Crippen LogP contribution is 2.26. The van der Waals surface area contributed by atoms with Crippen LogP contribution in [-0.4, -0.2) is 34.0 Å². The topological polar surface area (TPSA) is 45.2 Å². The number of rotatable bonds is 2. The number of aromatic nitrogens is 1. The van der Waals surface area contributed by atoms with Crippen LogP contribution in [0.15, 0.2) is 48.8 Å². The van der Waals surface area contributed by atoms with Crippen molar-refractivity contribution in [2.24, 2.45) is 0 Å². The summed E-state index contributed by atoms with van der Waals surface area (Å²) in [6, 6.07) is 11.6. The fraction of sp³-hybridized carbons (Fsp3) is 0.278. The minimum Gasteiger partial charge on any atom is -0.348 e. The van der Waals surface area contributed by atoms with Gasteiger partial charge in [0.15, 0.2) is 5.11 Å². The smallest absolute Gasteiger partial charge is 0.258 e. The van der Waals surface area contributed by atoms with Gasteiger partial charge in [-0.1, -0.05) is 18.2 Å². The SMILES string of the molecule is O=C(NC(=S)N1CCC[C@H](c2cccnc2)C1)c1ccccc1I. The van der Waals surface area contributed by atoms with Crippen molar-refractivity contribution in [3.8, 4) is 0 Å². The molecule has 1 N–H and O–H groups in total. The Labute approximate surface area is 160 Å². The van der Waals surface area contributed by atoms with Gasteiger partial charge in [0.05, 0.1) is 5.56 Å². The number of hydrogen-bond donors (Lipinski definition) is 1. The molecule has 24 heavy (non-hydrogen) atoms. The van der Waals surface area contributed by atoms with Gasteiger partial charge in [-0.05, 0) is 71.4 Å². The van der Waals surface area contributed by atoms with Crippen LogP contribution in [0.1, 0.15) is 34.7 Å². The van der Waals surface area contributed by atoms with Gasteiger partial charge in [0.25, 0.3) is 5.91 Å². The van der Waals surface area contributed by atoms with Crippen LogP contribution >= 0.6 is 34.8 Å². The average molecular weight is 451 g/mol. The number of nitrogens with one attached hydrogen (secondary N) is 1. The Morgan fingerprint density at radius 2 is 2.12 bits per heavy atom. The molecule has 0 aliphatic carbocycles. The summed E-state index contributed by atoms with van der Waals surface area (Å²) in [5.74, 6) is 0.257. The molecule has 124 valence electrons. The Bertz CT molecular complexity index is 738. The minimum absolute atomic E-state index is 0.145. The lowest BCUT2D eigenvalue weighted by atomic mass is 9.92. The second-order valence-electron chi connectivity index (χ2n) is 5.81. The number of piperidine rings is 1. The van der Waals surface area contributed by atoms with Gasteiger partial charge >= 0.3 is 0 Å². The number of benzene rings is 1. The van der Waals surface area contributed by atoms with Crippen LogP contribution in [0.25, 0.3) is 0 Å². The molecule has 1 fully saturated rings. The Kier molecular flexibility index (Phi) is 5.78. The lowest BCUT2D eigenvalue weighted by molar-refractivity contribution is 0.0971. The van der Waals surface area contributed by atoms with E-state index in [2.05, 4.69) is 43.9 Å². The van der Waals surface area contributed by atoms with E-state index in [-0.39, 0.29) is 5.91 Å². The van der Waals surface area contributed by atoms with Gasteiger partial charge in [-0.25, -0.2) is 0 Å². The second-order valence-corrected chi connectivity index (χ2v) is 7.36. The molecule has 1 aliphatic rings. The first-order valence-electron chi connectivity index (χ1n) is 7.90. The minimum atomic E-state index is -0.145. The van der Waals surface area contributed by atoms with Crippen LogP contribution in [0.2, 0.25) is 0 Å². The van der Waals surface area contributed by atoms with Crippen molar-refractivity contribution in [3.05, 3.63) is 63.5 Å². The molecule has 4 nitrogen and oxygen atoms in total. The zero-order valence-corrected chi connectivity index (χ0v) is 16.1. The van der Waals surface area contributed by atoms with Crippen molar-refractivity contribution in [2.75, 3.05) is 13.1 Å². The molecule has 0 unspecified atom stereocenters. The molecule has 1 amide bonds. The van der Waals surface area contributed by atoms with E-state index in [1.54, 1.807) is 6.20 Å². The molecule has 2 heterocycles. The summed E-state index contributed by atoms with van der Waals surface area (Å²) in [4.78, 5) is 18.7. The number of hydrogen-bond acceptors (Lipinski definition) is 3. The number of halogens is 1. The maximum atomic E-state index is 12.4. The zero-order chi connectivity index (χ0) is 16.9. The van der Waals surface area contributed by atoms with E-state index in [0.717, 1.165) is 29.5 Å². The molecule has 0 spiro atoms. The van der Waals surface area contributed by atoms with Crippen molar-refractivity contribution in [1.29, 1.82) is 0 Å². The van der Waals surface area contributed by atoms with E-state index in [1.165, 1.54) is 5.56 Å². The molecule has 1 atom stereocenters. The van der Waals surface area contributed by atoms with Crippen molar-refractivity contribution >= 4 is 45.8 Å². The third-order valence-electron chi connectivity index (χ3n) is 4.20. The molecule has 3 rings (SSSR count). The highest BCUT2D eigenvalue weighted by atomic mass is 127. The van der Waals surface area contributed by atoms with E-state index >= 15 is 0 Å². The van der Waals surface area contributed by atoms with Crippen LogP contribution in [0.5, 0.6) is 0 Å². The molecule has 2 aromatic rings. The fourth-order valence-corrected chi connectivity index (χ4v) is 3.83. The van der Waals surface area contributed by atoms with Gasteiger partial charge in [-0.3, -0.25) is 15.1 Å². The largest absolute Gasteiger partial charge is 0.348 e. The third kappa shape index (κ3) is 4.10. The van der Waals surface area contributed by atoms with Crippen LogP contribution in [0.4, 0.5) is 0 Å². The number of carbonyl (C=O) groups is 1. The van der Waals surface area contributed by atoms with E-state index in [9.17, 15) is 4.79 Å². The molecule has 1 aromatic carbocycles. The predicted octanol–water partition coefficient (Wildman–Crippen LogP) is 3.58. The molecule has 1 saturated heterocycles. The van der Waals surface area contributed by atoms with E-state index in [4.69, 9.17) is 12.2 Å². The highest BCUT2D eigenvalue weighted by Gasteiger charge is 2.24. The van der Waals surface area contributed by atoms with Crippen molar-refractivity contribution in [3.63, 3.8) is 0 Å². The van der Waals surface area contributed by atoms with E-state index in [1.807, 2.05) is 36.5 Å². The number of nitrogens with zero attached hydrogens (tertiary/aromatic N) is 2. The Morgan fingerprint density at radius 3 is 2.88 bits per heavy atom. The molecule has 1 aliphatic heterocycles. The normalized spacial score (nSPS) is 17.4. The number of pyridine rings is 1. The quantitative estimate of drug-likeness (QED) is 0.560. The first kappa shape index (κ1) is 17.3. The first-order valence-corrected chi connectivity index (χ1v) is 9.38. The maximum Gasteiger partial charge on any atom is 0.258 e. The predicted molar refractivity (Wildman–Crippen MR) is 107 cm³/mol. The Balaban J connectivity index is 1.65.